The molecule has 3 aromatic carbocycles. The Morgan fingerprint density at radius 1 is 0.844 bits per heavy atom. The van der Waals surface area contributed by atoms with E-state index in [9.17, 15) is 4.79 Å². The minimum absolute atomic E-state index is 0.409. The lowest BCUT2D eigenvalue weighted by atomic mass is 10.2. The van der Waals surface area contributed by atoms with E-state index in [2.05, 4.69) is 0 Å². The Morgan fingerprint density at radius 3 is 2.22 bits per heavy atom. The number of aromatic nitrogens is 1. The number of fused-ring (bicyclic) bond motifs is 1. The maximum atomic E-state index is 12.8. The molecule has 5 nitrogen and oxygen atoms in total. The van der Waals surface area contributed by atoms with Gasteiger partial charge in [-0.3, -0.25) is 0 Å². The van der Waals surface area contributed by atoms with Gasteiger partial charge in [0.25, 0.3) is 0 Å². The fraction of sp³-hybridized carbons (Fsp3) is 0.222. The highest BCUT2D eigenvalue weighted by Gasteiger charge is 2.22. The lowest BCUT2D eigenvalue weighted by Crippen LogP contribution is -2.27. The maximum absolute atomic E-state index is 12.8. The predicted molar refractivity (Wildman–Crippen MR) is 126 cm³/mol. The van der Waals surface area contributed by atoms with Gasteiger partial charge in [-0.2, -0.15) is 0 Å². The van der Waals surface area contributed by atoms with E-state index in [1.54, 1.807) is 4.57 Å². The van der Waals surface area contributed by atoms with Crippen LogP contribution in [0, 0.1) is 6.92 Å². The van der Waals surface area contributed by atoms with E-state index in [1.807, 2.05) is 107 Å². The number of hydrogen-bond acceptors (Lipinski definition) is 4. The van der Waals surface area contributed by atoms with E-state index in [4.69, 9.17) is 14.2 Å². The van der Waals surface area contributed by atoms with Crippen LogP contribution >= 0.6 is 0 Å². The molecule has 0 atom stereocenters. The molecule has 0 aliphatic carbocycles. The molecule has 0 radical (unpaired) electrons. The van der Waals surface area contributed by atoms with Crippen LogP contribution in [0.25, 0.3) is 10.9 Å². The van der Waals surface area contributed by atoms with Crippen LogP contribution in [0.3, 0.4) is 0 Å². The number of rotatable bonds is 5. The first kappa shape index (κ1) is 21.5. The second-order valence-electron chi connectivity index (χ2n) is 8.61. The summed E-state index contributed by atoms with van der Waals surface area (Å²) in [5.74, 6) is 1.90. The zero-order valence-electron chi connectivity index (χ0n) is 18.8. The van der Waals surface area contributed by atoms with Gasteiger partial charge in [0, 0.05) is 11.1 Å². The second kappa shape index (κ2) is 8.79. The molecule has 1 aromatic heterocycles. The molecule has 0 saturated heterocycles. The molecular weight excluding hydrogens is 402 g/mol. The minimum Gasteiger partial charge on any atom is -0.485 e. The average molecular weight is 430 g/mol. The van der Waals surface area contributed by atoms with Crippen LogP contribution < -0.4 is 9.47 Å². The first-order chi connectivity index (χ1) is 15.3. The highest BCUT2D eigenvalue weighted by Crippen LogP contribution is 2.36. The zero-order chi connectivity index (χ0) is 22.7. The Kier molecular flexibility index (Phi) is 5.91. The maximum Gasteiger partial charge on any atom is 0.419 e. The van der Waals surface area contributed by atoms with Crippen LogP contribution in [-0.2, 0) is 11.3 Å². The van der Waals surface area contributed by atoms with Gasteiger partial charge in [0.15, 0.2) is 11.5 Å². The summed E-state index contributed by atoms with van der Waals surface area (Å²) < 4.78 is 19.5. The van der Waals surface area contributed by atoms with Crippen molar-refractivity contribution in [2.45, 2.75) is 39.9 Å². The monoisotopic (exact) mass is 429 g/mol. The molecule has 4 aromatic rings. The Balaban J connectivity index is 1.63. The first-order valence-corrected chi connectivity index (χ1v) is 10.6. The fourth-order valence-electron chi connectivity index (χ4n) is 3.48. The molecule has 1 heterocycles. The van der Waals surface area contributed by atoms with Crippen LogP contribution in [0.1, 0.15) is 32.0 Å². The summed E-state index contributed by atoms with van der Waals surface area (Å²) in [5, 5.41) is 0.828. The van der Waals surface area contributed by atoms with Crippen molar-refractivity contribution in [3.63, 3.8) is 0 Å². The van der Waals surface area contributed by atoms with Gasteiger partial charge in [-0.05, 0) is 63.6 Å². The quantitative estimate of drug-likeness (QED) is 0.339. The molecule has 32 heavy (non-hydrogen) atoms. The lowest BCUT2D eigenvalue weighted by Gasteiger charge is -2.20. The SMILES string of the molecule is Cc1cc2c(Oc3ccccc3OCc3ccccc3)cccc2n1C(=O)OC(C)(C)C. The Morgan fingerprint density at radius 2 is 1.50 bits per heavy atom. The Bertz CT molecular complexity index is 1240. The van der Waals surface area contributed by atoms with Gasteiger partial charge < -0.3 is 14.2 Å². The van der Waals surface area contributed by atoms with Gasteiger partial charge in [-0.15, -0.1) is 0 Å². The normalized spacial score (nSPS) is 11.4. The summed E-state index contributed by atoms with van der Waals surface area (Å²) in [6.07, 6.45) is -0.409. The molecule has 0 bridgehead atoms. The summed E-state index contributed by atoms with van der Waals surface area (Å²) in [5.41, 5.74) is 2.01. The third kappa shape index (κ3) is 4.78. The summed E-state index contributed by atoms with van der Waals surface area (Å²) in [4.78, 5) is 12.8. The van der Waals surface area contributed by atoms with E-state index in [0.717, 1.165) is 22.2 Å². The standard InChI is InChI=1S/C27H27NO4/c1-19-17-21-22(28(19)26(29)32-27(2,3)4)13-10-16-23(21)31-25-15-9-8-14-24(25)30-18-20-11-6-5-7-12-20/h5-17H,18H2,1-4H3. The largest absolute Gasteiger partial charge is 0.485 e. The molecule has 0 N–H and O–H groups in total. The Hall–Kier alpha value is -3.73. The smallest absolute Gasteiger partial charge is 0.419 e. The third-order valence-corrected chi connectivity index (χ3v) is 4.87. The van der Waals surface area contributed by atoms with Crippen LogP contribution in [0.4, 0.5) is 4.79 Å². The second-order valence-corrected chi connectivity index (χ2v) is 8.61. The van der Waals surface area contributed by atoms with Crippen LogP contribution in [0.5, 0.6) is 17.2 Å². The molecule has 164 valence electrons. The Labute approximate surface area is 188 Å². The first-order valence-electron chi connectivity index (χ1n) is 10.6. The van der Waals surface area contributed by atoms with Crippen molar-refractivity contribution < 1.29 is 19.0 Å². The highest BCUT2D eigenvalue weighted by atomic mass is 16.6. The van der Waals surface area contributed by atoms with Crippen LogP contribution in [0.15, 0.2) is 78.9 Å². The number of carbonyl (C=O) groups is 1. The molecule has 0 fully saturated rings. The molecule has 0 saturated carbocycles. The van der Waals surface area contributed by atoms with Crippen molar-refractivity contribution in [3.8, 4) is 17.2 Å². The van der Waals surface area contributed by atoms with E-state index in [1.165, 1.54) is 0 Å². The minimum atomic E-state index is -0.580. The number of ether oxygens (including phenoxy) is 3. The van der Waals surface area contributed by atoms with E-state index >= 15 is 0 Å². The fourth-order valence-corrected chi connectivity index (χ4v) is 3.48. The summed E-state index contributed by atoms with van der Waals surface area (Å²) in [7, 11) is 0. The zero-order valence-corrected chi connectivity index (χ0v) is 18.8. The van der Waals surface area contributed by atoms with Crippen molar-refractivity contribution in [1.82, 2.24) is 4.57 Å². The van der Waals surface area contributed by atoms with Gasteiger partial charge in [-0.25, -0.2) is 9.36 Å². The molecule has 0 spiro atoms. The summed E-state index contributed by atoms with van der Waals surface area (Å²) in [6, 6.07) is 25.1. The topological polar surface area (TPSA) is 49.7 Å². The molecule has 0 unspecified atom stereocenters. The van der Waals surface area contributed by atoms with E-state index < -0.39 is 11.7 Å². The molecule has 0 aliphatic rings. The number of carbonyl (C=O) groups excluding carboxylic acids is 1. The third-order valence-electron chi connectivity index (χ3n) is 4.87. The number of hydrogen-bond donors (Lipinski definition) is 0. The average Bonchev–Trinajstić information content (AvgIpc) is 3.09. The van der Waals surface area contributed by atoms with Crippen molar-refractivity contribution in [1.29, 1.82) is 0 Å². The van der Waals surface area contributed by atoms with Gasteiger partial charge in [0.05, 0.1) is 5.52 Å². The summed E-state index contributed by atoms with van der Waals surface area (Å²) >= 11 is 0. The van der Waals surface area contributed by atoms with Crippen LogP contribution in [-0.4, -0.2) is 16.3 Å². The predicted octanol–water partition coefficient (Wildman–Crippen LogP) is 7.10. The van der Waals surface area contributed by atoms with Crippen molar-refractivity contribution in [3.05, 3.63) is 90.1 Å². The summed E-state index contributed by atoms with van der Waals surface area (Å²) in [6.45, 7) is 7.89. The molecule has 4 rings (SSSR count). The van der Waals surface area contributed by atoms with Crippen LogP contribution in [0.2, 0.25) is 0 Å². The van der Waals surface area contributed by atoms with Crippen molar-refractivity contribution in [2.24, 2.45) is 0 Å². The van der Waals surface area contributed by atoms with Gasteiger partial charge in [-0.1, -0.05) is 48.5 Å². The molecule has 0 aliphatic heterocycles. The lowest BCUT2D eigenvalue weighted by molar-refractivity contribution is 0.0541. The molecule has 5 heteroatoms. The van der Waals surface area contributed by atoms with E-state index in [0.29, 0.717) is 23.9 Å². The van der Waals surface area contributed by atoms with Gasteiger partial charge in [0.2, 0.25) is 0 Å². The van der Waals surface area contributed by atoms with Crippen molar-refractivity contribution in [2.75, 3.05) is 0 Å². The van der Waals surface area contributed by atoms with Gasteiger partial charge in [0.1, 0.15) is 18.0 Å². The van der Waals surface area contributed by atoms with Gasteiger partial charge >= 0.3 is 6.09 Å². The van der Waals surface area contributed by atoms with E-state index in [-0.39, 0.29) is 0 Å². The van der Waals surface area contributed by atoms with Crippen molar-refractivity contribution >= 4 is 17.0 Å². The number of aryl methyl sites for hydroxylation is 1. The highest BCUT2D eigenvalue weighted by molar-refractivity contribution is 5.94. The number of benzene rings is 3. The number of nitrogens with zero attached hydrogens (tertiary/aromatic N) is 1. The molecule has 0 amide bonds. The number of para-hydroxylation sites is 2. The molecular formula is C27H27NO4.